The number of aryl methyl sites for hydroxylation is 1. The first-order chi connectivity index (χ1) is 8.56. The molecule has 3 N–H and O–H groups in total. The Labute approximate surface area is 108 Å². The molecule has 1 heterocycles. The smallest absolute Gasteiger partial charge is 0.271 e. The number of hydrogen-bond donors (Lipinski definition) is 2. The molecule has 2 rings (SSSR count). The van der Waals surface area contributed by atoms with Crippen molar-refractivity contribution >= 4 is 28.4 Å². The number of nitrogens with zero attached hydrogens (tertiary/aromatic N) is 2. The normalized spacial score (nSPS) is 10.3. The third-order valence-corrected chi connectivity index (χ3v) is 3.19. The third-order valence-electron chi connectivity index (χ3n) is 2.37. The van der Waals surface area contributed by atoms with Gasteiger partial charge < -0.3 is 11.1 Å². The summed E-state index contributed by atoms with van der Waals surface area (Å²) in [6, 6.07) is 4.37. The topological polar surface area (TPSA) is 94.1 Å². The minimum atomic E-state index is -0.468. The van der Waals surface area contributed by atoms with Gasteiger partial charge in [0, 0.05) is 17.5 Å². The fourth-order valence-corrected chi connectivity index (χ4v) is 2.11. The van der Waals surface area contributed by atoms with E-state index in [-0.39, 0.29) is 5.69 Å². The Kier molecular flexibility index (Phi) is 3.42. The summed E-state index contributed by atoms with van der Waals surface area (Å²) >= 11 is 1.58. The van der Waals surface area contributed by atoms with Crippen LogP contribution in [0.15, 0.2) is 23.6 Å². The SMILES string of the molecule is Cc1nc(CNc2ccc([N+](=O)[O-])cc2N)cs1. The van der Waals surface area contributed by atoms with E-state index in [1.807, 2.05) is 12.3 Å². The molecule has 1 aromatic heterocycles. The van der Waals surface area contributed by atoms with Crippen LogP contribution in [0.5, 0.6) is 0 Å². The van der Waals surface area contributed by atoms with E-state index >= 15 is 0 Å². The second kappa shape index (κ2) is 5.01. The molecule has 0 radical (unpaired) electrons. The number of nitrogens with two attached hydrogens (primary N) is 1. The first-order valence-electron chi connectivity index (χ1n) is 5.25. The van der Waals surface area contributed by atoms with Gasteiger partial charge in [0.2, 0.25) is 0 Å². The van der Waals surface area contributed by atoms with E-state index < -0.39 is 4.92 Å². The lowest BCUT2D eigenvalue weighted by atomic mass is 10.2. The molecule has 18 heavy (non-hydrogen) atoms. The maximum atomic E-state index is 10.6. The van der Waals surface area contributed by atoms with Crippen molar-refractivity contribution in [3.63, 3.8) is 0 Å². The van der Waals surface area contributed by atoms with Crippen LogP contribution < -0.4 is 11.1 Å². The average molecular weight is 264 g/mol. The molecule has 0 aliphatic rings. The summed E-state index contributed by atoms with van der Waals surface area (Å²) in [5.74, 6) is 0. The number of rotatable bonds is 4. The number of benzene rings is 1. The average Bonchev–Trinajstić information content (AvgIpc) is 2.73. The van der Waals surface area contributed by atoms with Gasteiger partial charge in [0.15, 0.2) is 0 Å². The van der Waals surface area contributed by atoms with Crippen LogP contribution in [-0.2, 0) is 6.54 Å². The summed E-state index contributed by atoms with van der Waals surface area (Å²) in [7, 11) is 0. The van der Waals surface area contributed by atoms with Crippen LogP contribution in [0.3, 0.4) is 0 Å². The van der Waals surface area contributed by atoms with Gasteiger partial charge in [-0.2, -0.15) is 0 Å². The minimum absolute atomic E-state index is 0.0115. The Bertz CT molecular complexity index is 582. The first-order valence-corrected chi connectivity index (χ1v) is 6.13. The summed E-state index contributed by atoms with van der Waals surface area (Å²) in [5, 5.41) is 16.6. The van der Waals surface area contributed by atoms with Gasteiger partial charge >= 0.3 is 0 Å². The van der Waals surface area contributed by atoms with E-state index in [0.29, 0.717) is 17.9 Å². The summed E-state index contributed by atoms with van der Waals surface area (Å²) in [5.41, 5.74) is 7.69. The Morgan fingerprint density at radius 1 is 1.56 bits per heavy atom. The minimum Gasteiger partial charge on any atom is -0.397 e. The first kappa shape index (κ1) is 12.3. The quantitative estimate of drug-likeness (QED) is 0.502. The number of anilines is 2. The van der Waals surface area contributed by atoms with Crippen LogP contribution in [0, 0.1) is 17.0 Å². The van der Waals surface area contributed by atoms with Crippen LogP contribution in [0.2, 0.25) is 0 Å². The largest absolute Gasteiger partial charge is 0.397 e. The maximum absolute atomic E-state index is 10.6. The van der Waals surface area contributed by atoms with Crippen molar-refractivity contribution in [3.8, 4) is 0 Å². The maximum Gasteiger partial charge on any atom is 0.271 e. The van der Waals surface area contributed by atoms with Gasteiger partial charge in [-0.05, 0) is 13.0 Å². The van der Waals surface area contributed by atoms with Crippen molar-refractivity contribution in [2.75, 3.05) is 11.1 Å². The predicted molar refractivity (Wildman–Crippen MR) is 71.7 cm³/mol. The molecule has 0 bridgehead atoms. The number of hydrogen-bond acceptors (Lipinski definition) is 6. The standard InChI is InChI=1S/C11H12N4O2S/c1-7-14-8(6-18-7)5-13-11-3-2-9(15(16)17)4-10(11)12/h2-4,6,13H,5,12H2,1H3. The lowest BCUT2D eigenvalue weighted by Gasteiger charge is -2.07. The lowest BCUT2D eigenvalue weighted by molar-refractivity contribution is -0.384. The van der Waals surface area contributed by atoms with E-state index in [1.165, 1.54) is 12.1 Å². The van der Waals surface area contributed by atoms with Gasteiger partial charge in [-0.25, -0.2) is 4.98 Å². The Hall–Kier alpha value is -2.15. The lowest BCUT2D eigenvalue weighted by Crippen LogP contribution is -2.03. The van der Waals surface area contributed by atoms with Crippen molar-refractivity contribution < 1.29 is 4.92 Å². The van der Waals surface area contributed by atoms with Crippen LogP contribution in [-0.4, -0.2) is 9.91 Å². The predicted octanol–water partition coefficient (Wildman–Crippen LogP) is 2.55. The molecule has 0 unspecified atom stereocenters. The number of aromatic nitrogens is 1. The van der Waals surface area contributed by atoms with Crippen LogP contribution >= 0.6 is 11.3 Å². The molecule has 0 fully saturated rings. The van der Waals surface area contributed by atoms with Crippen molar-refractivity contribution in [2.24, 2.45) is 0 Å². The van der Waals surface area contributed by atoms with Gasteiger partial charge in [0.25, 0.3) is 5.69 Å². The highest BCUT2D eigenvalue weighted by Crippen LogP contribution is 2.24. The number of nitro benzene ring substituents is 1. The van der Waals surface area contributed by atoms with Gasteiger partial charge in [0.1, 0.15) is 0 Å². The molecule has 0 amide bonds. The highest BCUT2D eigenvalue weighted by Gasteiger charge is 2.08. The number of nitrogens with one attached hydrogen (secondary N) is 1. The van der Waals surface area contributed by atoms with E-state index in [9.17, 15) is 10.1 Å². The van der Waals surface area contributed by atoms with Gasteiger partial charge in [-0.15, -0.1) is 11.3 Å². The molecule has 2 aromatic rings. The fraction of sp³-hybridized carbons (Fsp3) is 0.182. The van der Waals surface area contributed by atoms with Crippen molar-refractivity contribution in [1.82, 2.24) is 4.98 Å². The summed E-state index contributed by atoms with van der Waals surface area (Å²) < 4.78 is 0. The molecule has 0 atom stereocenters. The molecule has 7 heteroatoms. The summed E-state index contributed by atoms with van der Waals surface area (Å²) in [6.07, 6.45) is 0. The molecule has 1 aromatic carbocycles. The number of nitro groups is 1. The van der Waals surface area contributed by atoms with Crippen LogP contribution in [0.4, 0.5) is 17.1 Å². The van der Waals surface area contributed by atoms with Gasteiger partial charge in [-0.3, -0.25) is 10.1 Å². The number of nitrogen functional groups attached to an aromatic ring is 1. The fourth-order valence-electron chi connectivity index (χ4n) is 1.50. The summed E-state index contributed by atoms with van der Waals surface area (Å²) in [4.78, 5) is 14.4. The van der Waals surface area contributed by atoms with E-state index in [2.05, 4.69) is 10.3 Å². The summed E-state index contributed by atoms with van der Waals surface area (Å²) in [6.45, 7) is 2.49. The highest BCUT2D eigenvalue weighted by atomic mass is 32.1. The number of thiazole rings is 1. The molecule has 0 aliphatic heterocycles. The zero-order valence-corrected chi connectivity index (χ0v) is 10.5. The highest BCUT2D eigenvalue weighted by molar-refractivity contribution is 7.09. The molecule has 0 saturated carbocycles. The van der Waals surface area contributed by atoms with Gasteiger partial charge in [0.05, 0.1) is 33.5 Å². The van der Waals surface area contributed by atoms with E-state index in [0.717, 1.165) is 10.7 Å². The van der Waals surface area contributed by atoms with Crippen molar-refractivity contribution in [3.05, 3.63) is 44.4 Å². The molecule has 0 aliphatic carbocycles. The Balaban J connectivity index is 2.08. The van der Waals surface area contributed by atoms with Crippen molar-refractivity contribution in [2.45, 2.75) is 13.5 Å². The monoisotopic (exact) mass is 264 g/mol. The van der Waals surface area contributed by atoms with E-state index in [4.69, 9.17) is 5.73 Å². The second-order valence-corrected chi connectivity index (χ2v) is 4.80. The van der Waals surface area contributed by atoms with Gasteiger partial charge in [-0.1, -0.05) is 0 Å². The number of non-ortho nitro benzene ring substituents is 1. The van der Waals surface area contributed by atoms with Crippen molar-refractivity contribution in [1.29, 1.82) is 0 Å². The zero-order valence-electron chi connectivity index (χ0n) is 9.71. The Morgan fingerprint density at radius 3 is 2.89 bits per heavy atom. The Morgan fingerprint density at radius 2 is 2.33 bits per heavy atom. The third kappa shape index (κ3) is 2.75. The van der Waals surface area contributed by atoms with Crippen LogP contribution in [0.25, 0.3) is 0 Å². The molecular formula is C11H12N4O2S. The molecule has 0 saturated heterocycles. The molecular weight excluding hydrogens is 252 g/mol. The second-order valence-electron chi connectivity index (χ2n) is 3.74. The zero-order chi connectivity index (χ0) is 13.1. The van der Waals surface area contributed by atoms with Crippen LogP contribution in [0.1, 0.15) is 10.7 Å². The molecule has 0 spiro atoms. The van der Waals surface area contributed by atoms with E-state index in [1.54, 1.807) is 17.4 Å². The molecule has 6 nitrogen and oxygen atoms in total. The molecule has 94 valence electrons.